The molecule has 9 atom stereocenters. The number of cyclic esters (lactones) is 2. The van der Waals surface area contributed by atoms with Crippen LogP contribution in [0.2, 0.25) is 5.02 Å². The summed E-state index contributed by atoms with van der Waals surface area (Å²) in [6, 6.07) is 9.47. The first-order valence-corrected chi connectivity index (χ1v) is 29.4. The van der Waals surface area contributed by atoms with Gasteiger partial charge >= 0.3 is 24.1 Å². The zero-order valence-electron chi connectivity index (χ0n) is 52.0. The molecule has 84 heavy (non-hydrogen) atoms. The highest BCUT2D eigenvalue weighted by Crippen LogP contribution is 2.27. The van der Waals surface area contributed by atoms with E-state index in [0.717, 1.165) is 29.0 Å². The van der Waals surface area contributed by atoms with Gasteiger partial charge in [-0.1, -0.05) is 102 Å². The number of hydrogen-bond donors (Lipinski definition) is 4. The standard InChI is InChI=1S/C62H93ClN8O13/c1-16-39(5)53-56(74)66-44(10)60(78)84-54(40(6)17-2)42(8)50(83-62(80)69(13)33-21-19-18-20-32-68(12)61(79)81-37-46-25-29-48(64-11)30-26-46)31-22-41(7)59(77)82-51(34-38(3)4)55(73)65-43(9)57(75)71(15)49(35-45-23-27-47(63)28-24-45)58(76)70(14)36-52(72)67-53/h17,22-30,38-39,42-44,49-51,53-54,64H,16,18-21,31-37H2,1-15H3,(H,65,73)(H,66,74)(H,67,72)/b40-17+,41-22+/t39?,42-,43-,44+,49+,50-,51+,53-,54+/m0/s1. The van der Waals surface area contributed by atoms with Crippen molar-refractivity contribution in [3.63, 3.8) is 0 Å². The van der Waals surface area contributed by atoms with Crippen LogP contribution in [0.4, 0.5) is 15.3 Å². The molecule has 0 aromatic heterocycles. The van der Waals surface area contributed by atoms with Crippen LogP contribution in [0.15, 0.2) is 71.8 Å². The topological polar surface area (TPSA) is 252 Å². The first-order valence-electron chi connectivity index (χ1n) is 29.1. The fourth-order valence-electron chi connectivity index (χ4n) is 9.17. The summed E-state index contributed by atoms with van der Waals surface area (Å²) in [5.41, 5.74) is 3.14. The molecular weight excluding hydrogens is 1100 g/mol. The van der Waals surface area contributed by atoms with Gasteiger partial charge in [-0.15, -0.1) is 0 Å². The van der Waals surface area contributed by atoms with Gasteiger partial charge in [-0.05, 0) is 107 Å². The minimum absolute atomic E-state index is 0.00334. The molecule has 1 unspecified atom stereocenters. The van der Waals surface area contributed by atoms with Gasteiger partial charge in [0.05, 0.1) is 6.54 Å². The summed E-state index contributed by atoms with van der Waals surface area (Å²) in [5, 5.41) is 11.6. The lowest BCUT2D eigenvalue weighted by Crippen LogP contribution is -2.57. The maximum atomic E-state index is 14.4. The van der Waals surface area contributed by atoms with Crippen LogP contribution < -0.4 is 21.3 Å². The van der Waals surface area contributed by atoms with Gasteiger partial charge in [0.2, 0.25) is 23.6 Å². The van der Waals surface area contributed by atoms with Crippen molar-refractivity contribution in [2.75, 3.05) is 60.2 Å². The van der Waals surface area contributed by atoms with Crippen LogP contribution in [0.25, 0.3) is 0 Å². The number of benzene rings is 2. The van der Waals surface area contributed by atoms with Gasteiger partial charge in [0.25, 0.3) is 5.91 Å². The van der Waals surface area contributed by atoms with Crippen LogP contribution in [-0.2, 0) is 65.5 Å². The van der Waals surface area contributed by atoms with Crippen LogP contribution in [0, 0.1) is 17.8 Å². The lowest BCUT2D eigenvalue weighted by molar-refractivity contribution is -0.155. The number of amides is 7. The van der Waals surface area contributed by atoms with Crippen molar-refractivity contribution in [2.24, 2.45) is 17.8 Å². The lowest BCUT2D eigenvalue weighted by Gasteiger charge is -2.33. The molecule has 0 radical (unpaired) electrons. The summed E-state index contributed by atoms with van der Waals surface area (Å²) < 4.78 is 23.7. The maximum absolute atomic E-state index is 14.4. The number of ether oxygens (including phenoxy) is 4. The molecule has 0 spiro atoms. The van der Waals surface area contributed by atoms with E-state index in [9.17, 15) is 43.2 Å². The Morgan fingerprint density at radius 3 is 1.96 bits per heavy atom. The van der Waals surface area contributed by atoms with Gasteiger partial charge in [-0.3, -0.25) is 24.0 Å². The summed E-state index contributed by atoms with van der Waals surface area (Å²) in [5.74, 6) is -6.43. The molecule has 22 heteroatoms. The number of nitrogens with one attached hydrogen (secondary N) is 4. The Morgan fingerprint density at radius 1 is 0.810 bits per heavy atom. The maximum Gasteiger partial charge on any atom is 0.409 e. The zero-order chi connectivity index (χ0) is 63.0. The molecule has 2 aromatic rings. The number of rotatable bonds is 18. The van der Waals surface area contributed by atoms with E-state index in [1.807, 2.05) is 52.1 Å². The number of anilines is 1. The highest BCUT2D eigenvalue weighted by Gasteiger charge is 2.38. The number of likely N-dealkylation sites (N-methyl/N-ethyl adjacent to an activating group) is 2. The molecule has 1 aliphatic heterocycles. The molecule has 0 saturated heterocycles. The monoisotopic (exact) mass is 1190 g/mol. The Bertz CT molecular complexity index is 2600. The highest BCUT2D eigenvalue weighted by atomic mass is 35.5. The number of halogens is 1. The fraction of sp³-hybridized carbons (Fsp3) is 0.597. The second kappa shape index (κ2) is 35.2. The van der Waals surface area contributed by atoms with E-state index in [4.69, 9.17) is 30.5 Å². The Hall–Kier alpha value is -7.16. The number of hydrogen-bond acceptors (Lipinski definition) is 14. The molecule has 0 aliphatic carbocycles. The minimum atomic E-state index is -1.35. The first-order chi connectivity index (χ1) is 39.6. The quantitative estimate of drug-likeness (QED) is 0.0481. The molecule has 0 bridgehead atoms. The van der Waals surface area contributed by atoms with Gasteiger partial charge in [0.15, 0.2) is 6.10 Å². The van der Waals surface area contributed by atoms with Crippen molar-refractivity contribution in [3.05, 3.63) is 88.0 Å². The van der Waals surface area contributed by atoms with Crippen LogP contribution in [0.1, 0.15) is 125 Å². The molecule has 2 aromatic carbocycles. The third-order valence-electron chi connectivity index (χ3n) is 15.1. The van der Waals surface area contributed by atoms with E-state index in [-0.39, 0.29) is 37.4 Å². The van der Waals surface area contributed by atoms with Crippen molar-refractivity contribution in [1.29, 1.82) is 0 Å². The van der Waals surface area contributed by atoms with Crippen molar-refractivity contribution < 1.29 is 62.1 Å². The number of unbranched alkanes of at least 4 members (excludes halogenated alkanes) is 3. The van der Waals surface area contributed by atoms with E-state index in [2.05, 4.69) is 21.3 Å². The minimum Gasteiger partial charge on any atom is -0.456 e. The van der Waals surface area contributed by atoms with E-state index in [1.165, 1.54) is 55.6 Å². The van der Waals surface area contributed by atoms with Crippen LogP contribution in [-0.4, -0.2) is 171 Å². The number of esters is 2. The smallest absolute Gasteiger partial charge is 0.409 e. The van der Waals surface area contributed by atoms with Crippen molar-refractivity contribution >= 4 is 70.9 Å². The third kappa shape index (κ3) is 22.8. The molecule has 3 rings (SSSR count). The third-order valence-corrected chi connectivity index (χ3v) is 15.3. The predicted octanol–water partition coefficient (Wildman–Crippen LogP) is 7.84. The number of carbonyl (C=O) groups excluding carboxylic acids is 9. The summed E-state index contributed by atoms with van der Waals surface area (Å²) in [6.07, 6.45) is 2.05. The number of nitrogens with zero attached hydrogens (tertiary/aromatic N) is 4. The number of allylic oxidation sites excluding steroid dienone is 1. The Kier molecular flexibility index (Phi) is 29.8. The Labute approximate surface area is 502 Å². The highest BCUT2D eigenvalue weighted by molar-refractivity contribution is 6.30. The largest absolute Gasteiger partial charge is 0.456 e. The van der Waals surface area contributed by atoms with Crippen molar-refractivity contribution in [3.8, 4) is 0 Å². The van der Waals surface area contributed by atoms with E-state index >= 15 is 0 Å². The second-order valence-electron chi connectivity index (χ2n) is 22.5. The molecule has 466 valence electrons. The van der Waals surface area contributed by atoms with Gasteiger partial charge in [-0.2, -0.15) is 0 Å². The SMILES string of the molecule is C/C=C(\C)[C@H]1OC(=O)[C@@H](C)NC(=O)[C@H](C(C)CC)NC(=O)CN(C)C(=O)[C@@H](Cc2ccc(Cl)cc2)N(C)C(=O)[C@H](C)NC(=O)[C@@H](CC(C)C)OC(=O)/C(C)=C/C[C@H](OC(=O)N(C)CCCCCCN(C)C(=O)OCc2ccc(NC)cc2)[C@@H]1C. The average molecular weight is 1190 g/mol. The van der Waals surface area contributed by atoms with Gasteiger partial charge in [-0.25, -0.2) is 19.2 Å². The summed E-state index contributed by atoms with van der Waals surface area (Å²) in [6.45, 7) is 17.3. The van der Waals surface area contributed by atoms with Gasteiger partial charge in [0.1, 0.15) is 43.0 Å². The number of carbonyl (C=O) groups is 9. The van der Waals surface area contributed by atoms with Crippen LogP contribution in [0.3, 0.4) is 0 Å². The summed E-state index contributed by atoms with van der Waals surface area (Å²) in [4.78, 5) is 130. The lowest BCUT2D eigenvalue weighted by atomic mass is 9.90. The van der Waals surface area contributed by atoms with Gasteiger partial charge < -0.3 is 59.8 Å². The Morgan fingerprint density at radius 2 is 1.39 bits per heavy atom. The van der Waals surface area contributed by atoms with E-state index in [0.29, 0.717) is 48.5 Å². The molecule has 7 amide bonds. The molecule has 1 aliphatic rings. The average Bonchev–Trinajstić information content (AvgIpc) is 3.50. The summed E-state index contributed by atoms with van der Waals surface area (Å²) >= 11 is 6.17. The molecule has 0 saturated carbocycles. The van der Waals surface area contributed by atoms with Crippen molar-refractivity contribution in [2.45, 2.75) is 170 Å². The Balaban J connectivity index is 1.95. The molecule has 4 N–H and O–H groups in total. The first kappa shape index (κ1) is 71.1. The fourth-order valence-corrected chi connectivity index (χ4v) is 9.30. The van der Waals surface area contributed by atoms with E-state index in [1.54, 1.807) is 72.1 Å². The summed E-state index contributed by atoms with van der Waals surface area (Å²) in [7, 11) is 7.91. The molecule has 21 nitrogen and oxygen atoms in total. The van der Waals surface area contributed by atoms with Crippen LogP contribution in [0.5, 0.6) is 0 Å². The molecule has 1 heterocycles. The zero-order valence-corrected chi connectivity index (χ0v) is 52.8. The van der Waals surface area contributed by atoms with Crippen LogP contribution >= 0.6 is 11.6 Å². The second-order valence-corrected chi connectivity index (χ2v) is 22.9. The van der Waals surface area contributed by atoms with Gasteiger partial charge in [0, 0.05) is 83.4 Å². The van der Waals surface area contributed by atoms with E-state index < -0.39 is 115 Å². The predicted molar refractivity (Wildman–Crippen MR) is 322 cm³/mol. The normalized spacial score (nSPS) is 23.5. The molecule has 0 fully saturated rings. The van der Waals surface area contributed by atoms with Crippen molar-refractivity contribution in [1.82, 2.24) is 35.6 Å². The molecular formula is C62H93ClN8O13.